The van der Waals surface area contributed by atoms with Gasteiger partial charge in [-0.3, -0.25) is 19.1 Å². The number of esters is 1. The van der Waals surface area contributed by atoms with Gasteiger partial charge in [0.25, 0.3) is 5.92 Å². The number of carbonyl (C=O) groups is 3. The Kier molecular flexibility index (Phi) is 13.6. The van der Waals surface area contributed by atoms with Crippen molar-refractivity contribution in [3.8, 4) is 11.1 Å². The second-order valence-corrected chi connectivity index (χ2v) is 22.6. The Morgan fingerprint density at radius 2 is 1.59 bits per heavy atom. The number of carboxylic acid groups (broad SMARTS) is 1. The first-order chi connectivity index (χ1) is 32.6. The van der Waals surface area contributed by atoms with E-state index >= 15 is 8.78 Å². The highest BCUT2D eigenvalue weighted by Gasteiger charge is 2.68. The lowest BCUT2D eigenvalue weighted by molar-refractivity contribution is -0.163. The van der Waals surface area contributed by atoms with Crippen LogP contribution in [0.3, 0.4) is 0 Å². The molecule has 384 valence electrons. The summed E-state index contributed by atoms with van der Waals surface area (Å²) in [7, 11) is -8.49. The van der Waals surface area contributed by atoms with Crippen molar-refractivity contribution in [2.24, 2.45) is 5.92 Å². The topological polar surface area (TPSA) is 213 Å². The molecule has 1 unspecified atom stereocenters. The first-order valence-corrected chi connectivity index (χ1v) is 24.8. The van der Waals surface area contributed by atoms with Gasteiger partial charge < -0.3 is 15.2 Å². The molecule has 2 aromatic carbocycles. The molecule has 0 saturated heterocycles. The standard InChI is InChI=1S/C42H38ClF10N7O9S2/c1-39(2,70(3,65)66)10-9-22-5-6-23(24-7-8-27(43)31-33(24)59(17-40(46,47)48)57-36(31)60(71(4,67)68)18-69-38(64)37(62)63)32(54-22)28(13-19-11-20(44)14-21(45)12-19)55-29(61)16-58-35-30(34(56-58)42(51,52)53)25-15-26(25)41(35,49)50/h5-8,11-12,14,25-26,28H,9-10,13,15-18H2,1-4H3,(H,55,61)(H,62,63)/t25-,26?,28-/m0/s1. The van der Waals surface area contributed by atoms with E-state index in [1.807, 2.05) is 0 Å². The van der Waals surface area contributed by atoms with Crippen molar-refractivity contribution in [2.45, 2.75) is 87.6 Å². The SMILES string of the molecule is CC(C)(CCc1ccc(-c2ccc(Cl)c3c(N(COC(=O)C(=O)O)S(C)(=O)=O)nn(CC(F)(F)F)c23)c([C@H](Cc2cc(F)cc(F)c2)NC(=O)Cn2nc(C(F)(F)F)c3c2C(F)(F)C2C[C@H]32)n1)S(C)(=O)=O. The zero-order valence-electron chi connectivity index (χ0n) is 37.1. The number of benzene rings is 2. The predicted molar refractivity (Wildman–Crippen MR) is 230 cm³/mol. The average molecular weight is 1070 g/mol. The van der Waals surface area contributed by atoms with Gasteiger partial charge in [-0.25, -0.2) is 39.5 Å². The molecule has 7 rings (SSSR count). The number of anilines is 1. The fourth-order valence-electron chi connectivity index (χ4n) is 8.34. The van der Waals surface area contributed by atoms with Crippen LogP contribution < -0.4 is 9.62 Å². The number of rotatable bonds is 16. The quantitative estimate of drug-likeness (QED) is 0.0434. The summed E-state index contributed by atoms with van der Waals surface area (Å²) >= 11 is 6.56. The summed E-state index contributed by atoms with van der Waals surface area (Å²) in [6.45, 7) is -1.96. The van der Waals surface area contributed by atoms with Gasteiger partial charge in [0.1, 0.15) is 30.4 Å². The number of aryl methyl sites for hydroxylation is 1. The molecule has 0 aliphatic heterocycles. The second kappa shape index (κ2) is 18.2. The number of carbonyl (C=O) groups excluding carboxylic acids is 2. The summed E-state index contributed by atoms with van der Waals surface area (Å²) in [5.74, 6) is -15.2. The minimum atomic E-state index is -5.22. The van der Waals surface area contributed by atoms with E-state index in [0.29, 0.717) is 12.3 Å². The van der Waals surface area contributed by atoms with Crippen LogP contribution in [-0.4, -0.2) is 94.5 Å². The molecule has 3 heterocycles. The Balaban J connectivity index is 1.45. The molecule has 2 aliphatic carbocycles. The van der Waals surface area contributed by atoms with Crippen molar-refractivity contribution >= 4 is 66.0 Å². The van der Waals surface area contributed by atoms with Crippen LogP contribution >= 0.6 is 11.6 Å². The van der Waals surface area contributed by atoms with Crippen molar-refractivity contribution in [1.29, 1.82) is 0 Å². The first-order valence-electron chi connectivity index (χ1n) is 20.7. The van der Waals surface area contributed by atoms with Gasteiger partial charge in [-0.1, -0.05) is 23.7 Å². The zero-order valence-corrected chi connectivity index (χ0v) is 39.5. The maximum Gasteiger partial charge on any atom is 0.435 e. The number of halogens is 11. The van der Waals surface area contributed by atoms with Crippen molar-refractivity contribution < 1.29 is 85.0 Å². The van der Waals surface area contributed by atoms with Gasteiger partial charge in [0.05, 0.1) is 38.7 Å². The van der Waals surface area contributed by atoms with Crippen LogP contribution in [0.25, 0.3) is 22.0 Å². The number of nitrogens with one attached hydrogen (secondary N) is 1. The van der Waals surface area contributed by atoms with Crippen LogP contribution in [0.15, 0.2) is 42.5 Å². The van der Waals surface area contributed by atoms with E-state index in [-0.39, 0.29) is 55.3 Å². The number of carboxylic acids is 1. The third-order valence-corrected chi connectivity index (χ3v) is 15.7. The summed E-state index contributed by atoms with van der Waals surface area (Å²) in [6, 6.07) is 5.01. The van der Waals surface area contributed by atoms with Gasteiger partial charge in [0.2, 0.25) is 15.9 Å². The Morgan fingerprint density at radius 3 is 2.17 bits per heavy atom. The highest BCUT2D eigenvalue weighted by molar-refractivity contribution is 7.92. The maximum atomic E-state index is 15.6. The third-order valence-electron chi connectivity index (χ3n) is 12.1. The fraction of sp³-hybridized carbons (Fsp3) is 0.429. The van der Waals surface area contributed by atoms with Gasteiger partial charge >= 0.3 is 24.3 Å². The van der Waals surface area contributed by atoms with Gasteiger partial charge in [-0.05, 0) is 75.3 Å². The monoisotopic (exact) mass is 1070 g/mol. The molecule has 71 heavy (non-hydrogen) atoms. The van der Waals surface area contributed by atoms with Crippen LogP contribution in [-0.2, 0) is 77.0 Å². The number of hydrogen-bond acceptors (Lipinski definition) is 11. The molecule has 2 aliphatic rings. The molecule has 1 fully saturated rings. The van der Waals surface area contributed by atoms with E-state index in [1.165, 1.54) is 26.0 Å². The van der Waals surface area contributed by atoms with E-state index in [0.717, 1.165) is 30.5 Å². The summed E-state index contributed by atoms with van der Waals surface area (Å²) in [4.78, 5) is 41.9. The molecule has 29 heteroatoms. The van der Waals surface area contributed by atoms with Crippen molar-refractivity contribution in [1.82, 2.24) is 29.9 Å². The molecule has 0 spiro atoms. The summed E-state index contributed by atoms with van der Waals surface area (Å²) in [6.07, 6.45) is -10.2. The molecule has 16 nitrogen and oxygen atoms in total. The largest absolute Gasteiger partial charge is 0.473 e. The summed E-state index contributed by atoms with van der Waals surface area (Å²) in [5, 5.41) is 17.6. The minimum absolute atomic E-state index is 0.0296. The van der Waals surface area contributed by atoms with E-state index in [9.17, 15) is 66.3 Å². The van der Waals surface area contributed by atoms with Crippen molar-refractivity contribution in [3.63, 3.8) is 0 Å². The number of nitrogens with zero attached hydrogens (tertiary/aromatic N) is 6. The van der Waals surface area contributed by atoms with Crippen LogP contribution in [0.2, 0.25) is 5.02 Å². The van der Waals surface area contributed by atoms with Gasteiger partial charge in [0.15, 0.2) is 28.1 Å². The lowest BCUT2D eigenvalue weighted by Gasteiger charge is -2.25. The van der Waals surface area contributed by atoms with E-state index in [2.05, 4.69) is 25.2 Å². The lowest BCUT2D eigenvalue weighted by Crippen LogP contribution is -2.35. The molecule has 1 amide bonds. The second-order valence-electron chi connectivity index (χ2n) is 17.6. The fourth-order valence-corrected chi connectivity index (χ4v) is 9.74. The van der Waals surface area contributed by atoms with Crippen LogP contribution in [0, 0.1) is 17.6 Å². The molecule has 0 bridgehead atoms. The number of ether oxygens (including phenoxy) is 1. The number of sulfonamides is 1. The number of pyridine rings is 1. The van der Waals surface area contributed by atoms with E-state index < -0.39 is 161 Å². The maximum absolute atomic E-state index is 15.6. The van der Waals surface area contributed by atoms with Crippen LogP contribution in [0.4, 0.5) is 49.7 Å². The number of fused-ring (bicyclic) bond motifs is 4. The number of aromatic nitrogens is 5. The highest BCUT2D eigenvalue weighted by atomic mass is 35.5. The number of amides is 1. The van der Waals surface area contributed by atoms with Crippen molar-refractivity contribution in [2.75, 3.05) is 23.5 Å². The normalized spacial score (nSPS) is 17.2. The summed E-state index contributed by atoms with van der Waals surface area (Å²) in [5.41, 5.74) is -5.43. The van der Waals surface area contributed by atoms with Crippen LogP contribution in [0.1, 0.15) is 72.6 Å². The number of alkyl halides is 8. The molecule has 3 atom stereocenters. The van der Waals surface area contributed by atoms with E-state index in [1.54, 1.807) is 0 Å². The molecule has 2 N–H and O–H groups in total. The Morgan fingerprint density at radius 1 is 0.958 bits per heavy atom. The average Bonchev–Trinajstić information content (AvgIpc) is 3.73. The Bertz CT molecular complexity index is 3210. The molecular weight excluding hydrogens is 1040 g/mol. The smallest absolute Gasteiger partial charge is 0.435 e. The van der Waals surface area contributed by atoms with Crippen LogP contribution in [0.5, 0.6) is 0 Å². The third kappa shape index (κ3) is 10.8. The molecule has 0 radical (unpaired) electrons. The van der Waals surface area contributed by atoms with Gasteiger partial charge in [-0.2, -0.15) is 45.3 Å². The minimum Gasteiger partial charge on any atom is -0.473 e. The number of sulfone groups is 1. The number of hydrogen-bond donors (Lipinski definition) is 2. The molecule has 3 aromatic heterocycles. The Labute approximate surface area is 400 Å². The Hall–Kier alpha value is -6.03. The van der Waals surface area contributed by atoms with Gasteiger partial charge in [-0.15, -0.1) is 0 Å². The highest BCUT2D eigenvalue weighted by Crippen LogP contribution is 2.68. The summed E-state index contributed by atoms with van der Waals surface area (Å²) < 4.78 is 202. The predicted octanol–water partition coefficient (Wildman–Crippen LogP) is 7.22. The first kappa shape index (κ1) is 52.8. The zero-order chi connectivity index (χ0) is 52.7. The van der Waals surface area contributed by atoms with E-state index in [4.69, 9.17) is 16.7 Å². The molecule has 1 saturated carbocycles. The van der Waals surface area contributed by atoms with Gasteiger partial charge in [0, 0.05) is 40.6 Å². The number of aliphatic carboxylic acids is 1. The molecule has 5 aromatic rings. The van der Waals surface area contributed by atoms with Crippen molar-refractivity contribution in [3.05, 3.63) is 93.0 Å². The molecular formula is C42H38ClF10N7O9S2. The lowest BCUT2D eigenvalue weighted by atomic mass is 9.93.